The van der Waals surface area contributed by atoms with Gasteiger partial charge in [0.25, 0.3) is 6.47 Å². The lowest BCUT2D eigenvalue weighted by Crippen LogP contribution is -2.31. The number of nitrogens with two attached hydrogens (primary N) is 1. The predicted molar refractivity (Wildman–Crippen MR) is 203 cm³/mol. The van der Waals surface area contributed by atoms with Crippen LogP contribution in [0.15, 0.2) is 71.6 Å². The molecule has 1 aliphatic rings. The van der Waals surface area contributed by atoms with Gasteiger partial charge in [-0.05, 0) is 93.9 Å². The molecule has 2 unspecified atom stereocenters. The van der Waals surface area contributed by atoms with Gasteiger partial charge in [-0.15, -0.1) is 0 Å². The van der Waals surface area contributed by atoms with E-state index in [4.69, 9.17) is 24.7 Å². The van der Waals surface area contributed by atoms with Crippen molar-refractivity contribution in [3.05, 3.63) is 72.3 Å². The fraction of sp³-hybridized carbons (Fsp3) is 0.579. The first-order chi connectivity index (χ1) is 23.4. The number of benzene rings is 2. The maximum absolute atomic E-state index is 10.4. The number of carbonyl (C=O) groups excluding carboxylic acids is 2. The van der Waals surface area contributed by atoms with Crippen LogP contribution in [0, 0.1) is 18.3 Å². The maximum atomic E-state index is 10.4. The first-order valence-electron chi connectivity index (χ1n) is 17.0. The van der Waals surface area contributed by atoms with Crippen molar-refractivity contribution in [3.8, 4) is 0 Å². The second kappa shape index (κ2) is 28.9. The number of ether oxygens (including phenoxy) is 4. The molecule has 0 aliphatic carbocycles. The van der Waals surface area contributed by atoms with Crippen LogP contribution >= 0.6 is 11.9 Å². The van der Waals surface area contributed by atoms with Crippen molar-refractivity contribution in [2.45, 2.75) is 77.6 Å². The van der Waals surface area contributed by atoms with Gasteiger partial charge in [0.15, 0.2) is 6.29 Å². The molecule has 11 heteroatoms. The van der Waals surface area contributed by atoms with Gasteiger partial charge in [0.2, 0.25) is 6.41 Å². The molecular formula is C38H64N4O6S. The van der Waals surface area contributed by atoms with Crippen molar-refractivity contribution < 1.29 is 28.5 Å². The molecule has 10 nitrogen and oxygen atoms in total. The summed E-state index contributed by atoms with van der Waals surface area (Å²) in [4.78, 5) is 21.8. The Labute approximate surface area is 301 Å². The predicted octanol–water partition coefficient (Wildman–Crippen LogP) is 6.50. The molecule has 1 fully saturated rings. The number of carbonyl (C=O) groups is 2. The number of amides is 1. The highest BCUT2D eigenvalue weighted by Crippen LogP contribution is 2.31. The summed E-state index contributed by atoms with van der Waals surface area (Å²) < 4.78 is 23.3. The van der Waals surface area contributed by atoms with Crippen LogP contribution in [0.4, 0.5) is 5.69 Å². The number of methoxy groups -OCH3 is 1. The van der Waals surface area contributed by atoms with Gasteiger partial charge in [-0.2, -0.15) is 0 Å². The third kappa shape index (κ3) is 24.8. The third-order valence-corrected chi connectivity index (χ3v) is 8.09. The molecule has 0 saturated carbocycles. The maximum Gasteiger partial charge on any atom is 0.293 e. The van der Waals surface area contributed by atoms with E-state index in [1.807, 2.05) is 56.6 Å². The minimum atomic E-state index is -0.128. The van der Waals surface area contributed by atoms with Crippen LogP contribution in [0.1, 0.15) is 58.9 Å². The molecule has 0 spiro atoms. The molecule has 2 aromatic rings. The van der Waals surface area contributed by atoms with Gasteiger partial charge >= 0.3 is 0 Å². The van der Waals surface area contributed by atoms with Crippen LogP contribution in [-0.4, -0.2) is 90.2 Å². The van der Waals surface area contributed by atoms with Crippen molar-refractivity contribution in [2.24, 2.45) is 11.3 Å². The van der Waals surface area contributed by atoms with Gasteiger partial charge in [0.05, 0.1) is 19.8 Å². The minimum Gasteiger partial charge on any atom is -0.468 e. The van der Waals surface area contributed by atoms with Gasteiger partial charge in [-0.1, -0.05) is 70.2 Å². The van der Waals surface area contributed by atoms with Crippen molar-refractivity contribution in [3.63, 3.8) is 0 Å². The summed E-state index contributed by atoms with van der Waals surface area (Å²) in [5.74, 6) is 0.364. The fourth-order valence-electron chi connectivity index (χ4n) is 4.43. The van der Waals surface area contributed by atoms with Crippen LogP contribution in [0.5, 0.6) is 0 Å². The first kappa shape index (κ1) is 46.1. The molecule has 0 aromatic heterocycles. The van der Waals surface area contributed by atoms with Crippen LogP contribution in [0.3, 0.4) is 0 Å². The molecule has 278 valence electrons. The SMILES string of the molecule is C=C1COC(C(C)C)OCC1OC.CC(C)(CCCCOC=O)CN(CCCNC=O)Sc1ccc(N)cc1.CNC.Cc1ccccc1. The van der Waals surface area contributed by atoms with Crippen LogP contribution in [-0.2, 0) is 28.5 Å². The molecule has 2 atom stereocenters. The molecule has 1 aliphatic heterocycles. The Kier molecular flexibility index (Phi) is 27.1. The highest BCUT2D eigenvalue weighted by molar-refractivity contribution is 7.97. The summed E-state index contributed by atoms with van der Waals surface area (Å²) in [6.45, 7) is 19.2. The molecule has 1 amide bonds. The van der Waals surface area contributed by atoms with E-state index in [1.165, 1.54) is 5.56 Å². The summed E-state index contributed by atoms with van der Waals surface area (Å²) >= 11 is 1.72. The van der Waals surface area contributed by atoms with E-state index in [2.05, 4.69) is 68.3 Å². The number of nitrogens with one attached hydrogen (secondary N) is 2. The summed E-state index contributed by atoms with van der Waals surface area (Å²) in [6.07, 6.45) is 4.44. The molecular weight excluding hydrogens is 641 g/mol. The molecule has 0 bridgehead atoms. The largest absolute Gasteiger partial charge is 0.468 e. The summed E-state index contributed by atoms with van der Waals surface area (Å²) in [5, 5.41) is 5.47. The Bertz CT molecular complexity index is 1110. The highest BCUT2D eigenvalue weighted by Gasteiger charge is 2.24. The Morgan fingerprint density at radius 3 is 2.24 bits per heavy atom. The van der Waals surface area contributed by atoms with E-state index in [0.717, 1.165) is 61.3 Å². The van der Waals surface area contributed by atoms with E-state index in [0.29, 0.717) is 38.8 Å². The second-order valence-electron chi connectivity index (χ2n) is 12.8. The normalized spacial score (nSPS) is 15.8. The fourth-order valence-corrected chi connectivity index (χ4v) is 5.62. The number of unbranched alkanes of at least 4 members (excludes halogenated alkanes) is 1. The number of nitrogens with zero attached hydrogens (tertiary/aromatic N) is 1. The lowest BCUT2D eigenvalue weighted by atomic mass is 9.87. The van der Waals surface area contributed by atoms with Crippen molar-refractivity contribution in [1.29, 1.82) is 0 Å². The first-order valence-corrected chi connectivity index (χ1v) is 17.7. The van der Waals surface area contributed by atoms with Gasteiger partial charge in [0, 0.05) is 43.2 Å². The Morgan fingerprint density at radius 1 is 1.06 bits per heavy atom. The van der Waals surface area contributed by atoms with Gasteiger partial charge in [-0.3, -0.25) is 9.59 Å². The summed E-state index contributed by atoms with van der Waals surface area (Å²) in [6, 6.07) is 18.1. The number of hydrogen-bond acceptors (Lipinski definition) is 10. The number of rotatable bonds is 17. The molecule has 0 radical (unpaired) electrons. The average molecular weight is 705 g/mol. The number of aryl methyl sites for hydroxylation is 1. The Hall–Kier alpha value is -2.93. The van der Waals surface area contributed by atoms with Crippen molar-refractivity contribution in [2.75, 3.05) is 66.4 Å². The van der Waals surface area contributed by atoms with E-state index < -0.39 is 0 Å². The number of nitrogen functional groups attached to an aromatic ring is 1. The van der Waals surface area contributed by atoms with Crippen LogP contribution in [0.2, 0.25) is 0 Å². The molecule has 49 heavy (non-hydrogen) atoms. The van der Waals surface area contributed by atoms with Gasteiger partial charge in [-0.25, -0.2) is 4.31 Å². The second-order valence-corrected chi connectivity index (χ2v) is 14.0. The van der Waals surface area contributed by atoms with E-state index >= 15 is 0 Å². The van der Waals surface area contributed by atoms with E-state index in [9.17, 15) is 9.59 Å². The smallest absolute Gasteiger partial charge is 0.293 e. The number of anilines is 1. The van der Waals surface area contributed by atoms with Crippen LogP contribution in [0.25, 0.3) is 0 Å². The third-order valence-electron chi connectivity index (χ3n) is 7.03. The van der Waals surface area contributed by atoms with E-state index in [1.54, 1.807) is 19.1 Å². The van der Waals surface area contributed by atoms with E-state index in [-0.39, 0.29) is 17.8 Å². The average Bonchev–Trinajstić information content (AvgIpc) is 3.26. The zero-order chi connectivity index (χ0) is 36.9. The van der Waals surface area contributed by atoms with Crippen molar-refractivity contribution >= 4 is 30.5 Å². The molecule has 3 rings (SSSR count). The van der Waals surface area contributed by atoms with Crippen molar-refractivity contribution in [1.82, 2.24) is 14.9 Å². The lowest BCUT2D eigenvalue weighted by Gasteiger charge is -2.32. The van der Waals surface area contributed by atoms with Gasteiger partial charge in [0.1, 0.15) is 6.10 Å². The molecule has 2 aromatic carbocycles. The molecule has 1 saturated heterocycles. The Balaban J connectivity index is 0.000000817. The Morgan fingerprint density at radius 2 is 1.71 bits per heavy atom. The standard InChI is InChI=1S/C19H31N3O3S.C10H18O3.C7H8.C2H7N/c1-19(2,10-3-4-13-25-16-24)14-22(12-5-11-21-15-23)26-18-8-6-17(20)7-9-18;1-7(2)10-12-5-8(3)9(11-4)6-13-10;1-7-5-3-2-4-6-7;1-3-2/h6-9,15-16H,3-5,10-14,20H2,1-2H3,(H,21,23);7,9-10H,3,5-6H2,1-2,4H3;2-6H,1H3;3H,1-2H3. The summed E-state index contributed by atoms with van der Waals surface area (Å²) in [5.41, 5.74) is 8.93. The monoisotopic (exact) mass is 704 g/mol. The zero-order valence-electron chi connectivity index (χ0n) is 31.2. The molecule has 4 N–H and O–H groups in total. The topological polar surface area (TPSA) is 124 Å². The zero-order valence-corrected chi connectivity index (χ0v) is 32.1. The van der Waals surface area contributed by atoms with Gasteiger partial charge < -0.3 is 35.3 Å². The van der Waals surface area contributed by atoms with Crippen LogP contribution < -0.4 is 16.4 Å². The molecule has 1 heterocycles. The highest BCUT2D eigenvalue weighted by atomic mass is 32.2. The lowest BCUT2D eigenvalue weighted by molar-refractivity contribution is -0.156. The minimum absolute atomic E-state index is 0.0243. The quantitative estimate of drug-likeness (QED) is 0.0553. The number of hydrogen-bond donors (Lipinski definition) is 3. The summed E-state index contributed by atoms with van der Waals surface area (Å²) in [7, 11) is 5.41.